The Morgan fingerprint density at radius 2 is 2.19 bits per heavy atom. The van der Waals surface area contributed by atoms with Gasteiger partial charge in [0.05, 0.1) is 11.8 Å². The predicted molar refractivity (Wildman–Crippen MR) is 54.2 cm³/mol. The molecule has 1 heterocycles. The minimum absolute atomic E-state index is 0.0267. The van der Waals surface area contributed by atoms with E-state index in [0.29, 0.717) is 5.69 Å². The highest BCUT2D eigenvalue weighted by molar-refractivity contribution is 6.06. The molecule has 82 valence electrons. The molecule has 0 spiro atoms. The van der Waals surface area contributed by atoms with Crippen molar-refractivity contribution in [3.8, 4) is 11.5 Å². The van der Waals surface area contributed by atoms with Crippen LogP contribution in [0.1, 0.15) is 10.4 Å². The predicted octanol–water partition coefficient (Wildman–Crippen LogP) is 1.34. The van der Waals surface area contributed by atoms with E-state index in [2.05, 4.69) is 15.0 Å². The molecular formula is C10H8N2O4. The molecule has 0 unspecified atom stereocenters. The Kier molecular flexibility index (Phi) is 2.47. The first kappa shape index (κ1) is 10.0. The highest BCUT2D eigenvalue weighted by Crippen LogP contribution is 2.22. The van der Waals surface area contributed by atoms with Crippen LogP contribution in [0.25, 0.3) is 0 Å². The highest BCUT2D eigenvalue weighted by Gasteiger charge is 2.12. The van der Waals surface area contributed by atoms with Crippen LogP contribution in [0.15, 0.2) is 35.2 Å². The lowest BCUT2D eigenvalue weighted by atomic mass is 10.2. The van der Waals surface area contributed by atoms with Gasteiger partial charge in [-0.1, -0.05) is 5.16 Å². The Hall–Kier alpha value is -2.50. The number of nitrogens with one attached hydrogen (secondary N) is 1. The van der Waals surface area contributed by atoms with Gasteiger partial charge in [0.15, 0.2) is 0 Å². The lowest BCUT2D eigenvalue weighted by Gasteiger charge is -2.04. The first-order chi connectivity index (χ1) is 7.66. The monoisotopic (exact) mass is 220 g/mol. The van der Waals surface area contributed by atoms with E-state index in [-0.39, 0.29) is 17.1 Å². The smallest absolute Gasteiger partial charge is 0.259 e. The quantitative estimate of drug-likeness (QED) is 0.663. The summed E-state index contributed by atoms with van der Waals surface area (Å²) in [5.41, 5.74) is 0.342. The molecule has 2 rings (SSSR count). The largest absolute Gasteiger partial charge is 0.508 e. The Balaban J connectivity index is 2.24. The maximum absolute atomic E-state index is 11.6. The molecule has 0 bridgehead atoms. The lowest BCUT2D eigenvalue weighted by molar-refractivity contribution is 0.102. The minimum Gasteiger partial charge on any atom is -0.508 e. The normalized spacial score (nSPS) is 10.0. The molecule has 0 radical (unpaired) electrons. The SMILES string of the molecule is O=C(Nc1cnoc1)c1cc(O)ccc1O. The highest BCUT2D eigenvalue weighted by atomic mass is 16.5. The third-order valence-corrected chi connectivity index (χ3v) is 1.91. The van der Waals surface area contributed by atoms with Crippen LogP contribution in [-0.4, -0.2) is 21.3 Å². The fourth-order valence-electron chi connectivity index (χ4n) is 1.17. The summed E-state index contributed by atoms with van der Waals surface area (Å²) in [5.74, 6) is -0.878. The van der Waals surface area contributed by atoms with Crippen molar-refractivity contribution in [2.75, 3.05) is 5.32 Å². The molecule has 2 aromatic rings. The summed E-state index contributed by atoms with van der Waals surface area (Å²) < 4.78 is 4.53. The number of anilines is 1. The minimum atomic E-state index is -0.559. The van der Waals surface area contributed by atoms with Crippen molar-refractivity contribution >= 4 is 11.6 Å². The second-order valence-electron chi connectivity index (χ2n) is 3.07. The number of hydrogen-bond acceptors (Lipinski definition) is 5. The zero-order chi connectivity index (χ0) is 11.5. The van der Waals surface area contributed by atoms with Crippen LogP contribution >= 0.6 is 0 Å². The fraction of sp³-hybridized carbons (Fsp3) is 0. The van der Waals surface area contributed by atoms with Gasteiger partial charge < -0.3 is 20.1 Å². The van der Waals surface area contributed by atoms with Crippen molar-refractivity contribution in [1.29, 1.82) is 0 Å². The van der Waals surface area contributed by atoms with Gasteiger partial charge in [-0.25, -0.2) is 0 Å². The average molecular weight is 220 g/mol. The van der Waals surface area contributed by atoms with Gasteiger partial charge in [-0.3, -0.25) is 4.79 Å². The molecule has 6 nitrogen and oxygen atoms in total. The van der Waals surface area contributed by atoms with Crippen molar-refractivity contribution in [3.05, 3.63) is 36.2 Å². The number of carbonyl (C=O) groups excluding carboxylic acids is 1. The Labute approximate surface area is 90.1 Å². The van der Waals surface area contributed by atoms with Crippen LogP contribution in [0.2, 0.25) is 0 Å². The third-order valence-electron chi connectivity index (χ3n) is 1.91. The van der Waals surface area contributed by atoms with E-state index >= 15 is 0 Å². The van der Waals surface area contributed by atoms with E-state index in [1.165, 1.54) is 24.6 Å². The van der Waals surface area contributed by atoms with Crippen molar-refractivity contribution < 1.29 is 19.5 Å². The number of phenols is 2. The summed E-state index contributed by atoms with van der Waals surface area (Å²) in [6.07, 6.45) is 2.56. The number of rotatable bonds is 2. The van der Waals surface area contributed by atoms with Gasteiger partial charge in [-0.2, -0.15) is 0 Å². The van der Waals surface area contributed by atoms with E-state index in [9.17, 15) is 15.0 Å². The summed E-state index contributed by atoms with van der Waals surface area (Å²) in [4.78, 5) is 11.6. The van der Waals surface area contributed by atoms with Crippen LogP contribution in [0.3, 0.4) is 0 Å². The topological polar surface area (TPSA) is 95.6 Å². The molecule has 1 amide bonds. The van der Waals surface area contributed by atoms with Gasteiger partial charge in [0.25, 0.3) is 5.91 Å². The van der Waals surface area contributed by atoms with Crippen LogP contribution in [0.4, 0.5) is 5.69 Å². The van der Waals surface area contributed by atoms with Crippen LogP contribution < -0.4 is 5.32 Å². The van der Waals surface area contributed by atoms with Crippen LogP contribution in [-0.2, 0) is 0 Å². The van der Waals surface area contributed by atoms with Gasteiger partial charge in [0.1, 0.15) is 23.4 Å². The van der Waals surface area contributed by atoms with Crippen LogP contribution in [0, 0.1) is 0 Å². The Morgan fingerprint density at radius 1 is 1.38 bits per heavy atom. The Bertz CT molecular complexity index is 508. The second kappa shape index (κ2) is 3.93. The summed E-state index contributed by atoms with van der Waals surface area (Å²) in [7, 11) is 0. The summed E-state index contributed by atoms with van der Waals surface area (Å²) in [5, 5.41) is 24.5. The number of phenolic OH excluding ortho intramolecular Hbond substituents is 2. The molecule has 0 aliphatic carbocycles. The zero-order valence-electron chi connectivity index (χ0n) is 8.04. The third kappa shape index (κ3) is 1.95. The molecule has 6 heteroatoms. The summed E-state index contributed by atoms with van der Waals surface area (Å²) in [6, 6.07) is 3.68. The number of carbonyl (C=O) groups is 1. The molecule has 0 aliphatic heterocycles. The number of nitrogens with zero attached hydrogens (tertiary/aromatic N) is 1. The van der Waals surface area contributed by atoms with Crippen molar-refractivity contribution in [3.63, 3.8) is 0 Å². The van der Waals surface area contributed by atoms with Gasteiger partial charge >= 0.3 is 0 Å². The standard InChI is InChI=1S/C10H8N2O4/c13-7-1-2-9(14)8(3-7)10(15)12-6-4-11-16-5-6/h1-5,13-14H,(H,12,15). The van der Waals surface area contributed by atoms with Crippen molar-refractivity contribution in [2.24, 2.45) is 0 Å². The van der Waals surface area contributed by atoms with Crippen LogP contribution in [0.5, 0.6) is 11.5 Å². The van der Waals surface area contributed by atoms with Crippen molar-refractivity contribution in [1.82, 2.24) is 5.16 Å². The number of hydrogen-bond donors (Lipinski definition) is 3. The van der Waals surface area contributed by atoms with Crippen molar-refractivity contribution in [2.45, 2.75) is 0 Å². The molecule has 0 aliphatic rings. The lowest BCUT2D eigenvalue weighted by Crippen LogP contribution is -2.11. The number of amides is 1. The van der Waals surface area contributed by atoms with Gasteiger partial charge in [-0.15, -0.1) is 0 Å². The van der Waals surface area contributed by atoms with E-state index < -0.39 is 5.91 Å². The number of benzene rings is 1. The van der Waals surface area contributed by atoms with E-state index in [1.54, 1.807) is 0 Å². The summed E-state index contributed by atoms with van der Waals surface area (Å²) in [6.45, 7) is 0. The van der Waals surface area contributed by atoms with Gasteiger partial charge in [-0.05, 0) is 18.2 Å². The number of aromatic nitrogens is 1. The molecule has 0 saturated heterocycles. The molecule has 0 saturated carbocycles. The molecule has 0 fully saturated rings. The molecule has 16 heavy (non-hydrogen) atoms. The molecule has 0 atom stereocenters. The average Bonchev–Trinajstić information content (AvgIpc) is 2.74. The number of aromatic hydroxyl groups is 2. The maximum Gasteiger partial charge on any atom is 0.259 e. The summed E-state index contributed by atoms with van der Waals surface area (Å²) >= 11 is 0. The molecule has 1 aromatic carbocycles. The fourth-order valence-corrected chi connectivity index (χ4v) is 1.17. The molecule has 3 N–H and O–H groups in total. The maximum atomic E-state index is 11.6. The zero-order valence-corrected chi connectivity index (χ0v) is 8.04. The van der Waals surface area contributed by atoms with E-state index in [1.807, 2.05) is 0 Å². The molecular weight excluding hydrogens is 212 g/mol. The molecule has 1 aromatic heterocycles. The first-order valence-corrected chi connectivity index (χ1v) is 4.39. The van der Waals surface area contributed by atoms with E-state index in [4.69, 9.17) is 0 Å². The van der Waals surface area contributed by atoms with Gasteiger partial charge in [0.2, 0.25) is 0 Å². The second-order valence-corrected chi connectivity index (χ2v) is 3.07. The van der Waals surface area contributed by atoms with Gasteiger partial charge in [0, 0.05) is 0 Å². The first-order valence-electron chi connectivity index (χ1n) is 4.39. The van der Waals surface area contributed by atoms with E-state index in [0.717, 1.165) is 6.07 Å². The Morgan fingerprint density at radius 3 is 2.88 bits per heavy atom.